The van der Waals surface area contributed by atoms with E-state index in [1.807, 2.05) is 18.2 Å². The van der Waals surface area contributed by atoms with Crippen molar-refractivity contribution >= 4 is 12.4 Å². The average molecular weight is 249 g/mol. The van der Waals surface area contributed by atoms with E-state index in [2.05, 4.69) is 17.4 Å². The van der Waals surface area contributed by atoms with Gasteiger partial charge in [0.1, 0.15) is 6.29 Å². The Kier molecular flexibility index (Phi) is 7.28. The minimum absolute atomic E-state index is 0.323. The zero-order valence-electron chi connectivity index (χ0n) is 10.4. The second-order valence-corrected chi connectivity index (χ2v) is 3.96. The molecular weight excluding hydrogens is 230 g/mol. The number of nitrogens with one attached hydrogen (secondary N) is 1. The van der Waals surface area contributed by atoms with Crippen molar-refractivity contribution in [3.63, 3.8) is 0 Å². The standard InChI is InChI=1S/C14H19NO3/c16-11-6-10-15-14(17)18-12-5-4-9-13-7-2-1-3-8-13/h1-3,7-8,11H,4-6,9-10,12H2,(H,15,17). The molecule has 0 saturated heterocycles. The highest BCUT2D eigenvalue weighted by molar-refractivity contribution is 5.67. The van der Waals surface area contributed by atoms with Crippen LogP contribution in [-0.4, -0.2) is 25.5 Å². The van der Waals surface area contributed by atoms with Gasteiger partial charge in [0, 0.05) is 13.0 Å². The van der Waals surface area contributed by atoms with Crippen LogP contribution in [0, 0.1) is 0 Å². The molecule has 0 saturated carbocycles. The lowest BCUT2D eigenvalue weighted by Gasteiger charge is -2.05. The van der Waals surface area contributed by atoms with Crippen molar-refractivity contribution < 1.29 is 14.3 Å². The predicted octanol–water partition coefficient (Wildman–Crippen LogP) is 2.32. The van der Waals surface area contributed by atoms with Crippen LogP contribution in [0.1, 0.15) is 24.8 Å². The smallest absolute Gasteiger partial charge is 0.407 e. The van der Waals surface area contributed by atoms with Crippen molar-refractivity contribution in [3.05, 3.63) is 35.9 Å². The van der Waals surface area contributed by atoms with Gasteiger partial charge in [-0.25, -0.2) is 4.79 Å². The highest BCUT2D eigenvalue weighted by atomic mass is 16.5. The van der Waals surface area contributed by atoms with Crippen molar-refractivity contribution in [1.29, 1.82) is 0 Å². The number of amides is 1. The molecule has 0 aromatic heterocycles. The molecule has 0 bridgehead atoms. The van der Waals surface area contributed by atoms with E-state index in [1.165, 1.54) is 5.56 Å². The van der Waals surface area contributed by atoms with Crippen molar-refractivity contribution in [2.24, 2.45) is 0 Å². The third-order valence-electron chi connectivity index (χ3n) is 2.47. The van der Waals surface area contributed by atoms with Crippen LogP contribution in [0.15, 0.2) is 30.3 Å². The van der Waals surface area contributed by atoms with Crippen LogP contribution in [0.2, 0.25) is 0 Å². The maximum atomic E-state index is 11.1. The van der Waals surface area contributed by atoms with Gasteiger partial charge in [-0.2, -0.15) is 0 Å². The number of hydrogen-bond donors (Lipinski definition) is 1. The van der Waals surface area contributed by atoms with Gasteiger partial charge in [-0.05, 0) is 24.8 Å². The van der Waals surface area contributed by atoms with Crippen LogP contribution < -0.4 is 5.32 Å². The number of carbonyl (C=O) groups excluding carboxylic acids is 2. The van der Waals surface area contributed by atoms with Gasteiger partial charge in [-0.3, -0.25) is 0 Å². The second-order valence-electron chi connectivity index (χ2n) is 3.96. The Morgan fingerprint density at radius 3 is 2.72 bits per heavy atom. The molecule has 0 spiro atoms. The molecule has 0 atom stereocenters. The Hall–Kier alpha value is -1.84. The Morgan fingerprint density at radius 2 is 2.00 bits per heavy atom. The summed E-state index contributed by atoms with van der Waals surface area (Å²) in [4.78, 5) is 21.1. The minimum atomic E-state index is -0.448. The molecule has 0 aliphatic heterocycles. The largest absolute Gasteiger partial charge is 0.450 e. The molecular formula is C14H19NO3. The summed E-state index contributed by atoms with van der Waals surface area (Å²) in [6.07, 6.45) is 3.47. The number of aldehydes is 1. The summed E-state index contributed by atoms with van der Waals surface area (Å²) in [6, 6.07) is 10.2. The SMILES string of the molecule is O=CCCNC(=O)OCCCCc1ccccc1. The highest BCUT2D eigenvalue weighted by Crippen LogP contribution is 2.04. The average Bonchev–Trinajstić information content (AvgIpc) is 2.40. The molecule has 1 aromatic carbocycles. The van der Waals surface area contributed by atoms with Crippen molar-refractivity contribution in [1.82, 2.24) is 5.32 Å². The first-order valence-electron chi connectivity index (χ1n) is 6.21. The van der Waals surface area contributed by atoms with Gasteiger partial charge in [0.25, 0.3) is 0 Å². The van der Waals surface area contributed by atoms with Crippen LogP contribution in [0.3, 0.4) is 0 Å². The summed E-state index contributed by atoms with van der Waals surface area (Å²) in [6.45, 7) is 0.756. The molecule has 0 fully saturated rings. The van der Waals surface area contributed by atoms with Crippen LogP contribution in [0.5, 0.6) is 0 Å². The lowest BCUT2D eigenvalue weighted by Crippen LogP contribution is -2.25. The van der Waals surface area contributed by atoms with E-state index >= 15 is 0 Å². The number of hydrogen-bond acceptors (Lipinski definition) is 3. The van der Waals surface area contributed by atoms with Gasteiger partial charge in [0.15, 0.2) is 0 Å². The van der Waals surface area contributed by atoms with Crippen molar-refractivity contribution in [2.45, 2.75) is 25.7 Å². The first kappa shape index (κ1) is 14.2. The van der Waals surface area contributed by atoms with Crippen LogP contribution in [0.25, 0.3) is 0 Å². The third kappa shape index (κ3) is 6.68. The summed E-state index contributed by atoms with van der Waals surface area (Å²) in [5.41, 5.74) is 1.30. The van der Waals surface area contributed by atoms with E-state index in [9.17, 15) is 9.59 Å². The van der Waals surface area contributed by atoms with E-state index in [-0.39, 0.29) is 0 Å². The number of benzene rings is 1. The van der Waals surface area contributed by atoms with Gasteiger partial charge in [-0.1, -0.05) is 30.3 Å². The minimum Gasteiger partial charge on any atom is -0.450 e. The van der Waals surface area contributed by atoms with Crippen LogP contribution in [-0.2, 0) is 16.0 Å². The molecule has 1 N–H and O–H groups in total. The first-order chi connectivity index (χ1) is 8.83. The summed E-state index contributed by atoms with van der Waals surface area (Å²) < 4.78 is 4.96. The molecule has 1 amide bonds. The topological polar surface area (TPSA) is 55.4 Å². The molecule has 1 rings (SSSR count). The Labute approximate surface area is 107 Å². The molecule has 4 nitrogen and oxygen atoms in total. The maximum absolute atomic E-state index is 11.1. The van der Waals surface area contributed by atoms with Gasteiger partial charge in [0.2, 0.25) is 0 Å². The van der Waals surface area contributed by atoms with Gasteiger partial charge < -0.3 is 14.8 Å². The Bertz CT molecular complexity index is 351. The Morgan fingerprint density at radius 1 is 1.22 bits per heavy atom. The number of rotatable bonds is 8. The summed E-state index contributed by atoms with van der Waals surface area (Å²) >= 11 is 0. The quantitative estimate of drug-likeness (QED) is 0.568. The summed E-state index contributed by atoms with van der Waals surface area (Å²) in [5.74, 6) is 0. The Balaban J connectivity index is 1.98. The fourth-order valence-electron chi connectivity index (χ4n) is 1.52. The molecule has 0 unspecified atom stereocenters. The highest BCUT2D eigenvalue weighted by Gasteiger charge is 2.00. The fourth-order valence-corrected chi connectivity index (χ4v) is 1.52. The lowest BCUT2D eigenvalue weighted by molar-refractivity contribution is -0.107. The molecule has 1 aromatic rings. The molecule has 0 heterocycles. The monoisotopic (exact) mass is 249 g/mol. The number of unbranched alkanes of at least 4 members (excludes halogenated alkanes) is 1. The van der Waals surface area contributed by atoms with Gasteiger partial charge in [-0.15, -0.1) is 0 Å². The van der Waals surface area contributed by atoms with Crippen molar-refractivity contribution in [2.75, 3.05) is 13.2 Å². The maximum Gasteiger partial charge on any atom is 0.407 e. The van der Waals surface area contributed by atoms with Crippen molar-refractivity contribution in [3.8, 4) is 0 Å². The number of ether oxygens (including phenoxy) is 1. The fraction of sp³-hybridized carbons (Fsp3) is 0.429. The number of carbonyl (C=O) groups is 2. The number of alkyl carbamates (subject to hydrolysis) is 1. The van der Waals surface area contributed by atoms with E-state index in [4.69, 9.17) is 4.74 Å². The second kappa shape index (κ2) is 9.22. The molecule has 0 radical (unpaired) electrons. The number of aryl methyl sites for hydroxylation is 1. The van der Waals surface area contributed by atoms with E-state index in [0.29, 0.717) is 19.6 Å². The van der Waals surface area contributed by atoms with E-state index in [0.717, 1.165) is 25.5 Å². The van der Waals surface area contributed by atoms with E-state index < -0.39 is 6.09 Å². The summed E-state index contributed by atoms with van der Waals surface area (Å²) in [5, 5.41) is 2.50. The van der Waals surface area contributed by atoms with Crippen LogP contribution >= 0.6 is 0 Å². The zero-order chi connectivity index (χ0) is 13.1. The summed E-state index contributed by atoms with van der Waals surface area (Å²) in [7, 11) is 0. The molecule has 18 heavy (non-hydrogen) atoms. The van der Waals surface area contributed by atoms with E-state index in [1.54, 1.807) is 0 Å². The molecule has 4 heteroatoms. The first-order valence-corrected chi connectivity index (χ1v) is 6.21. The molecule has 98 valence electrons. The van der Waals surface area contributed by atoms with Gasteiger partial charge in [0.05, 0.1) is 6.61 Å². The lowest BCUT2D eigenvalue weighted by atomic mass is 10.1. The normalized spacial score (nSPS) is 9.78. The zero-order valence-corrected chi connectivity index (χ0v) is 10.4. The van der Waals surface area contributed by atoms with Gasteiger partial charge >= 0.3 is 6.09 Å². The predicted molar refractivity (Wildman–Crippen MR) is 69.4 cm³/mol. The molecule has 0 aliphatic carbocycles. The molecule has 0 aliphatic rings. The van der Waals surface area contributed by atoms with Crippen LogP contribution in [0.4, 0.5) is 4.79 Å². The third-order valence-corrected chi connectivity index (χ3v) is 2.47.